The van der Waals surface area contributed by atoms with E-state index in [0.717, 1.165) is 40.0 Å². The highest BCUT2D eigenvalue weighted by molar-refractivity contribution is 7.53. The van der Waals surface area contributed by atoms with Crippen molar-refractivity contribution >= 4 is 20.2 Å². The number of phenolic OH excluding ortho intramolecular Hbond substituents is 1. The molecule has 3 N–H and O–H groups in total. The molecule has 0 amide bonds. The Kier molecular flexibility index (Phi) is 12.7. The summed E-state index contributed by atoms with van der Waals surface area (Å²) in [7, 11) is -1.29. The molecule has 0 heterocycles. The van der Waals surface area contributed by atoms with Gasteiger partial charge in [-0.1, -0.05) is 26.0 Å². The standard InChI is InChI=1S/C30H45N2O6P/c1-10-36-29(34)22(8)31-39(32-23(9)30(35)37-11-2)17-38-28-14-19(5)26(20(6)21(28)7)16-24-12-13-27(33)25(15-24)18(3)4/h12-15,18,22-23,31-33H,10-11,16-17H2,1-9H3. The predicted molar refractivity (Wildman–Crippen MR) is 157 cm³/mol. The molecule has 0 aliphatic rings. The highest BCUT2D eigenvalue weighted by Crippen LogP contribution is 2.34. The summed E-state index contributed by atoms with van der Waals surface area (Å²) < 4.78 is 16.5. The number of carbonyl (C=O) groups is 2. The maximum atomic E-state index is 12.2. The van der Waals surface area contributed by atoms with Crippen molar-refractivity contribution in [2.45, 2.75) is 86.7 Å². The van der Waals surface area contributed by atoms with E-state index in [-0.39, 0.29) is 24.2 Å². The first-order chi connectivity index (χ1) is 18.4. The van der Waals surface area contributed by atoms with Gasteiger partial charge in [-0.05, 0) is 106 Å². The highest BCUT2D eigenvalue weighted by atomic mass is 31.1. The summed E-state index contributed by atoms with van der Waals surface area (Å²) in [4.78, 5) is 24.5. The molecule has 0 spiro atoms. The molecule has 0 radical (unpaired) electrons. The van der Waals surface area contributed by atoms with Gasteiger partial charge in [0, 0.05) is 0 Å². The van der Waals surface area contributed by atoms with Crippen LogP contribution in [-0.4, -0.2) is 48.7 Å². The summed E-state index contributed by atoms with van der Waals surface area (Å²) in [5, 5.41) is 16.7. The molecule has 0 fully saturated rings. The Morgan fingerprint density at radius 3 is 1.97 bits per heavy atom. The number of aryl methyl sites for hydroxylation is 1. The summed E-state index contributed by atoms with van der Waals surface area (Å²) >= 11 is 0. The number of ether oxygens (including phenoxy) is 3. The molecule has 2 atom stereocenters. The van der Waals surface area contributed by atoms with Gasteiger partial charge in [0.1, 0.15) is 29.9 Å². The number of aromatic hydroxyl groups is 1. The Morgan fingerprint density at radius 2 is 1.46 bits per heavy atom. The van der Waals surface area contributed by atoms with E-state index in [4.69, 9.17) is 14.2 Å². The van der Waals surface area contributed by atoms with Crippen LogP contribution in [0.15, 0.2) is 24.3 Å². The average molecular weight is 561 g/mol. The predicted octanol–water partition coefficient (Wildman–Crippen LogP) is 5.76. The number of phenols is 1. The zero-order valence-electron chi connectivity index (χ0n) is 24.8. The quantitative estimate of drug-likeness (QED) is 0.198. The number of rotatable bonds is 14. The van der Waals surface area contributed by atoms with Crippen LogP contribution in [0.3, 0.4) is 0 Å². The van der Waals surface area contributed by atoms with Crippen LogP contribution in [0.5, 0.6) is 11.5 Å². The van der Waals surface area contributed by atoms with E-state index in [1.54, 1.807) is 33.8 Å². The Bertz CT molecular complexity index is 1110. The number of esters is 2. The molecule has 2 unspecified atom stereocenters. The summed E-state index contributed by atoms with van der Waals surface area (Å²) in [6, 6.07) is 6.72. The Hall–Kier alpha value is -2.67. The van der Waals surface area contributed by atoms with Gasteiger partial charge in [0.15, 0.2) is 0 Å². The fraction of sp³-hybridized carbons (Fsp3) is 0.533. The summed E-state index contributed by atoms with van der Waals surface area (Å²) in [5.41, 5.74) is 6.61. The second kappa shape index (κ2) is 15.2. The van der Waals surface area contributed by atoms with Gasteiger partial charge in [-0.2, -0.15) is 0 Å². The summed E-state index contributed by atoms with van der Waals surface area (Å²) in [5.74, 6) is 0.594. The average Bonchev–Trinajstić information content (AvgIpc) is 2.88. The van der Waals surface area contributed by atoms with Crippen molar-refractivity contribution < 1.29 is 28.9 Å². The van der Waals surface area contributed by atoms with Crippen LogP contribution in [0, 0.1) is 20.8 Å². The topological polar surface area (TPSA) is 106 Å². The molecule has 9 heteroatoms. The lowest BCUT2D eigenvalue weighted by atomic mass is 9.91. The molecule has 0 aromatic heterocycles. The van der Waals surface area contributed by atoms with Crippen molar-refractivity contribution in [1.82, 2.24) is 10.2 Å². The van der Waals surface area contributed by atoms with Crippen LogP contribution in [-0.2, 0) is 25.5 Å². The third kappa shape index (κ3) is 9.20. The molecular weight excluding hydrogens is 515 g/mol. The second-order valence-electron chi connectivity index (χ2n) is 10.1. The molecule has 0 bridgehead atoms. The summed E-state index contributed by atoms with van der Waals surface area (Å²) in [6.07, 6.45) is 0.986. The number of benzene rings is 2. The number of hydrogen-bond acceptors (Lipinski definition) is 8. The van der Waals surface area contributed by atoms with E-state index in [1.165, 1.54) is 5.56 Å². The molecule has 2 aromatic carbocycles. The van der Waals surface area contributed by atoms with Gasteiger partial charge in [0.25, 0.3) is 0 Å². The number of carbonyl (C=O) groups excluding carboxylic acids is 2. The minimum absolute atomic E-state index is 0.234. The first kappa shape index (κ1) is 32.5. The lowest BCUT2D eigenvalue weighted by molar-refractivity contribution is -0.145. The van der Waals surface area contributed by atoms with E-state index >= 15 is 0 Å². The van der Waals surface area contributed by atoms with Gasteiger partial charge in [0.05, 0.1) is 21.4 Å². The Labute approximate surface area is 234 Å². The zero-order valence-corrected chi connectivity index (χ0v) is 25.7. The molecule has 39 heavy (non-hydrogen) atoms. The fourth-order valence-corrected chi connectivity index (χ4v) is 5.89. The normalized spacial score (nSPS) is 13.6. The van der Waals surface area contributed by atoms with Crippen molar-refractivity contribution in [2.24, 2.45) is 0 Å². The lowest BCUT2D eigenvalue weighted by Crippen LogP contribution is -2.41. The molecule has 2 aromatic rings. The fourth-order valence-electron chi connectivity index (χ4n) is 4.25. The van der Waals surface area contributed by atoms with Gasteiger partial charge >= 0.3 is 11.9 Å². The van der Waals surface area contributed by atoms with Crippen LogP contribution in [0.1, 0.15) is 80.8 Å². The van der Waals surface area contributed by atoms with Crippen molar-refractivity contribution in [3.63, 3.8) is 0 Å². The molecule has 2 rings (SSSR count). The third-order valence-corrected chi connectivity index (χ3v) is 8.42. The van der Waals surface area contributed by atoms with Crippen LogP contribution < -0.4 is 14.9 Å². The smallest absolute Gasteiger partial charge is 0.323 e. The third-order valence-electron chi connectivity index (χ3n) is 6.63. The largest absolute Gasteiger partial charge is 0.508 e. The van der Waals surface area contributed by atoms with Crippen LogP contribution in [0.4, 0.5) is 0 Å². The molecule has 0 aliphatic heterocycles. The summed E-state index contributed by atoms with van der Waals surface area (Å²) in [6.45, 7) is 17.9. The zero-order chi connectivity index (χ0) is 29.3. The van der Waals surface area contributed by atoms with Gasteiger partial charge in [-0.25, -0.2) is 0 Å². The van der Waals surface area contributed by atoms with Crippen molar-refractivity contribution in [2.75, 3.05) is 19.6 Å². The van der Waals surface area contributed by atoms with Crippen LogP contribution >= 0.6 is 8.22 Å². The van der Waals surface area contributed by atoms with Crippen LogP contribution in [0.2, 0.25) is 0 Å². The molecule has 0 saturated carbocycles. The number of hydrogen-bond donors (Lipinski definition) is 3. The molecule has 8 nitrogen and oxygen atoms in total. The maximum Gasteiger partial charge on any atom is 0.323 e. The first-order valence-corrected chi connectivity index (χ1v) is 15.1. The van der Waals surface area contributed by atoms with Gasteiger partial charge in [-0.15, -0.1) is 0 Å². The van der Waals surface area contributed by atoms with Crippen molar-refractivity contribution in [3.05, 3.63) is 57.6 Å². The van der Waals surface area contributed by atoms with Crippen LogP contribution in [0.25, 0.3) is 0 Å². The minimum Gasteiger partial charge on any atom is -0.508 e. The van der Waals surface area contributed by atoms with Gasteiger partial charge in [0.2, 0.25) is 0 Å². The van der Waals surface area contributed by atoms with E-state index in [9.17, 15) is 14.7 Å². The van der Waals surface area contributed by atoms with E-state index in [2.05, 4.69) is 43.9 Å². The van der Waals surface area contributed by atoms with E-state index < -0.39 is 20.3 Å². The van der Waals surface area contributed by atoms with E-state index in [1.807, 2.05) is 19.1 Å². The van der Waals surface area contributed by atoms with Gasteiger partial charge in [-0.3, -0.25) is 19.8 Å². The SMILES string of the molecule is CCOC(=O)C(C)NP(COc1cc(C)c(Cc2ccc(O)c(C(C)C)c2)c(C)c1C)NC(C)C(=O)OCC. The first-order valence-electron chi connectivity index (χ1n) is 13.6. The minimum atomic E-state index is -1.29. The van der Waals surface area contributed by atoms with Crippen molar-refractivity contribution in [3.8, 4) is 11.5 Å². The molecule has 216 valence electrons. The Morgan fingerprint density at radius 1 is 0.897 bits per heavy atom. The highest BCUT2D eigenvalue weighted by Gasteiger charge is 2.24. The molecule has 0 saturated heterocycles. The maximum absolute atomic E-state index is 12.2. The lowest BCUT2D eigenvalue weighted by Gasteiger charge is -2.26. The monoisotopic (exact) mass is 560 g/mol. The van der Waals surface area contributed by atoms with E-state index in [0.29, 0.717) is 19.0 Å². The Balaban J connectivity index is 2.24. The second-order valence-corrected chi connectivity index (χ2v) is 11.7. The van der Waals surface area contributed by atoms with Gasteiger partial charge < -0.3 is 19.3 Å². The number of nitrogens with one attached hydrogen (secondary N) is 2. The van der Waals surface area contributed by atoms with Crippen molar-refractivity contribution in [1.29, 1.82) is 0 Å². The molecule has 0 aliphatic carbocycles. The molecular formula is C30H45N2O6P.